The molecule has 1 aromatic carbocycles. The van der Waals surface area contributed by atoms with E-state index in [1.165, 1.54) is 18.7 Å². The van der Waals surface area contributed by atoms with Crippen molar-refractivity contribution in [2.75, 3.05) is 19.6 Å². The Balaban J connectivity index is 1.16. The Morgan fingerprint density at radius 1 is 1.22 bits per heavy atom. The van der Waals surface area contributed by atoms with Gasteiger partial charge in [-0.2, -0.15) is 0 Å². The maximum absolute atomic E-state index is 11.9. The number of carbonyl (C=O) groups excluding carboxylic acids is 1. The van der Waals surface area contributed by atoms with Gasteiger partial charge in [0.1, 0.15) is 0 Å². The Hall–Kier alpha value is -2.46. The Labute approximate surface area is 161 Å². The van der Waals surface area contributed by atoms with Gasteiger partial charge in [0.25, 0.3) is 0 Å². The standard InChI is InChI=1S/C23H27N3O/c1-17(19-7-3-2-4-8-19)26-15-21-20(22(21)16-26)11-13-25-23(27)10-9-18-6-5-12-24-14-18/h2-10,12,14,17,20-22H,11,13,15-16H2,1H3,(H,25,27)/b10-9+/t17?,20?,21-,22+. The third-order valence-corrected chi connectivity index (χ3v) is 6.12. The SMILES string of the molecule is CC(c1ccccc1)N1C[C@@H]2C(CCNC(=O)/C=C/c3cccnc3)[C@@H]2C1. The number of likely N-dealkylation sites (tertiary alicyclic amines) is 1. The van der Waals surface area contributed by atoms with Crippen molar-refractivity contribution in [3.8, 4) is 0 Å². The highest BCUT2D eigenvalue weighted by atomic mass is 16.1. The van der Waals surface area contributed by atoms with E-state index < -0.39 is 0 Å². The van der Waals surface area contributed by atoms with Crippen LogP contribution in [-0.2, 0) is 4.79 Å². The zero-order valence-electron chi connectivity index (χ0n) is 15.8. The molecule has 27 heavy (non-hydrogen) atoms. The van der Waals surface area contributed by atoms with Crippen LogP contribution in [0.1, 0.15) is 30.5 Å². The van der Waals surface area contributed by atoms with Crippen LogP contribution in [0.5, 0.6) is 0 Å². The Kier molecular flexibility index (Phi) is 5.35. The van der Waals surface area contributed by atoms with E-state index in [0.717, 1.165) is 36.3 Å². The summed E-state index contributed by atoms with van der Waals surface area (Å²) in [5, 5.41) is 3.01. The molecule has 1 amide bonds. The van der Waals surface area contributed by atoms with Crippen LogP contribution in [0.2, 0.25) is 0 Å². The minimum Gasteiger partial charge on any atom is -0.353 e. The fraction of sp³-hybridized carbons (Fsp3) is 0.391. The van der Waals surface area contributed by atoms with E-state index in [2.05, 4.69) is 52.5 Å². The van der Waals surface area contributed by atoms with Gasteiger partial charge in [-0.1, -0.05) is 36.4 Å². The average Bonchev–Trinajstić information content (AvgIpc) is 3.16. The lowest BCUT2D eigenvalue weighted by atomic mass is 10.1. The second-order valence-corrected chi connectivity index (χ2v) is 7.73. The van der Waals surface area contributed by atoms with Gasteiger partial charge in [0, 0.05) is 44.1 Å². The largest absolute Gasteiger partial charge is 0.353 e. The molecule has 1 saturated carbocycles. The fourth-order valence-corrected chi connectivity index (χ4v) is 4.44. The molecule has 2 heterocycles. The minimum absolute atomic E-state index is 0.0241. The van der Waals surface area contributed by atoms with Crippen LogP contribution in [0.15, 0.2) is 60.9 Å². The summed E-state index contributed by atoms with van der Waals surface area (Å²) in [6, 6.07) is 15.1. The predicted octanol–water partition coefficient (Wildman–Crippen LogP) is 3.54. The average molecular weight is 361 g/mol. The predicted molar refractivity (Wildman–Crippen MR) is 108 cm³/mol. The van der Waals surface area contributed by atoms with Gasteiger partial charge in [-0.3, -0.25) is 14.7 Å². The second-order valence-electron chi connectivity index (χ2n) is 7.73. The number of hydrogen-bond acceptors (Lipinski definition) is 3. The Bertz CT molecular complexity index is 778. The molecular weight excluding hydrogens is 334 g/mol. The van der Waals surface area contributed by atoms with Gasteiger partial charge in [-0.05, 0) is 54.4 Å². The van der Waals surface area contributed by atoms with E-state index in [1.807, 2.05) is 12.1 Å². The van der Waals surface area contributed by atoms with Crippen LogP contribution in [0.3, 0.4) is 0 Å². The number of piperidine rings is 1. The summed E-state index contributed by atoms with van der Waals surface area (Å²) in [6.07, 6.45) is 7.96. The molecule has 4 nitrogen and oxygen atoms in total. The van der Waals surface area contributed by atoms with E-state index in [-0.39, 0.29) is 5.91 Å². The van der Waals surface area contributed by atoms with Crippen molar-refractivity contribution in [2.45, 2.75) is 19.4 Å². The van der Waals surface area contributed by atoms with E-state index in [9.17, 15) is 4.79 Å². The number of nitrogens with zero attached hydrogens (tertiary/aromatic N) is 2. The molecule has 0 spiro atoms. The van der Waals surface area contributed by atoms with Gasteiger partial charge < -0.3 is 5.32 Å². The topological polar surface area (TPSA) is 45.2 Å². The highest BCUT2D eigenvalue weighted by Gasteiger charge is 2.55. The molecule has 1 saturated heterocycles. The lowest BCUT2D eigenvalue weighted by Crippen LogP contribution is -2.29. The maximum atomic E-state index is 11.9. The van der Waals surface area contributed by atoms with Crippen LogP contribution in [0, 0.1) is 17.8 Å². The molecule has 2 aromatic rings. The van der Waals surface area contributed by atoms with Crippen molar-refractivity contribution in [1.29, 1.82) is 0 Å². The smallest absolute Gasteiger partial charge is 0.244 e. The lowest BCUT2D eigenvalue weighted by Gasteiger charge is -2.27. The molecule has 4 atom stereocenters. The summed E-state index contributed by atoms with van der Waals surface area (Å²) < 4.78 is 0. The second kappa shape index (κ2) is 8.05. The van der Waals surface area contributed by atoms with Crippen LogP contribution in [0.4, 0.5) is 0 Å². The minimum atomic E-state index is -0.0241. The molecule has 4 rings (SSSR count). The zero-order chi connectivity index (χ0) is 18.6. The van der Waals surface area contributed by atoms with Crippen molar-refractivity contribution in [2.24, 2.45) is 17.8 Å². The molecule has 0 bridgehead atoms. The van der Waals surface area contributed by atoms with Crippen LogP contribution in [0.25, 0.3) is 6.08 Å². The van der Waals surface area contributed by atoms with Crippen LogP contribution < -0.4 is 5.32 Å². The molecule has 1 aliphatic carbocycles. The number of pyridine rings is 1. The summed E-state index contributed by atoms with van der Waals surface area (Å²) >= 11 is 0. The van der Waals surface area contributed by atoms with Crippen molar-refractivity contribution in [3.63, 3.8) is 0 Å². The van der Waals surface area contributed by atoms with Crippen molar-refractivity contribution in [1.82, 2.24) is 15.2 Å². The summed E-state index contributed by atoms with van der Waals surface area (Å²) in [5.41, 5.74) is 2.35. The normalized spacial score (nSPS) is 25.3. The fourth-order valence-electron chi connectivity index (χ4n) is 4.44. The number of carbonyl (C=O) groups is 1. The third-order valence-electron chi connectivity index (χ3n) is 6.12. The third kappa shape index (κ3) is 4.28. The van der Waals surface area contributed by atoms with Crippen molar-refractivity contribution in [3.05, 3.63) is 72.1 Å². The first-order valence-corrected chi connectivity index (χ1v) is 9.87. The molecule has 1 aliphatic heterocycles. The van der Waals surface area contributed by atoms with E-state index in [4.69, 9.17) is 0 Å². The van der Waals surface area contributed by atoms with Gasteiger partial charge in [0.15, 0.2) is 0 Å². The van der Waals surface area contributed by atoms with Gasteiger partial charge in [0.2, 0.25) is 5.91 Å². The Morgan fingerprint density at radius 2 is 2.00 bits per heavy atom. The van der Waals surface area contributed by atoms with Crippen LogP contribution in [-0.4, -0.2) is 35.4 Å². The number of fused-ring (bicyclic) bond motifs is 1. The molecule has 1 N–H and O–H groups in total. The first-order chi connectivity index (χ1) is 13.2. The molecule has 1 aromatic heterocycles. The molecule has 2 fully saturated rings. The number of amides is 1. The summed E-state index contributed by atoms with van der Waals surface area (Å²) in [4.78, 5) is 18.6. The highest BCUT2D eigenvalue weighted by molar-refractivity contribution is 5.91. The molecule has 2 aliphatic rings. The first kappa shape index (κ1) is 17.9. The Morgan fingerprint density at radius 3 is 2.70 bits per heavy atom. The van der Waals surface area contributed by atoms with E-state index in [0.29, 0.717) is 6.04 Å². The van der Waals surface area contributed by atoms with Gasteiger partial charge in [0.05, 0.1) is 0 Å². The lowest BCUT2D eigenvalue weighted by molar-refractivity contribution is -0.116. The summed E-state index contributed by atoms with van der Waals surface area (Å²) in [7, 11) is 0. The van der Waals surface area contributed by atoms with E-state index >= 15 is 0 Å². The van der Waals surface area contributed by atoms with Crippen molar-refractivity contribution >= 4 is 12.0 Å². The quantitative estimate of drug-likeness (QED) is 0.767. The molecular formula is C23H27N3O. The van der Waals surface area contributed by atoms with Gasteiger partial charge in [-0.25, -0.2) is 0 Å². The summed E-state index contributed by atoms with van der Waals surface area (Å²) in [6.45, 7) is 5.46. The molecule has 4 heteroatoms. The van der Waals surface area contributed by atoms with Crippen LogP contribution >= 0.6 is 0 Å². The van der Waals surface area contributed by atoms with Gasteiger partial charge in [-0.15, -0.1) is 0 Å². The first-order valence-electron chi connectivity index (χ1n) is 9.87. The maximum Gasteiger partial charge on any atom is 0.244 e. The molecule has 140 valence electrons. The molecule has 2 unspecified atom stereocenters. The highest BCUT2D eigenvalue weighted by Crippen LogP contribution is 2.54. The number of hydrogen-bond donors (Lipinski definition) is 1. The monoisotopic (exact) mass is 361 g/mol. The van der Waals surface area contributed by atoms with Crippen molar-refractivity contribution < 1.29 is 4.79 Å². The van der Waals surface area contributed by atoms with Gasteiger partial charge >= 0.3 is 0 Å². The van der Waals surface area contributed by atoms with E-state index in [1.54, 1.807) is 24.5 Å². The number of rotatable bonds is 7. The number of nitrogens with one attached hydrogen (secondary N) is 1. The number of aromatic nitrogens is 1. The molecule has 0 radical (unpaired) electrons. The number of benzene rings is 1. The summed E-state index contributed by atoms with van der Waals surface area (Å²) in [5.74, 6) is 2.40. The zero-order valence-corrected chi connectivity index (χ0v) is 15.8.